The van der Waals surface area contributed by atoms with Gasteiger partial charge in [0.05, 0.1) is 5.56 Å². The van der Waals surface area contributed by atoms with Gasteiger partial charge in [-0.3, -0.25) is 0 Å². The van der Waals surface area contributed by atoms with Crippen molar-refractivity contribution in [2.75, 3.05) is 0 Å². The van der Waals surface area contributed by atoms with Crippen LogP contribution in [0.2, 0.25) is 0 Å². The van der Waals surface area contributed by atoms with E-state index in [9.17, 15) is 26.3 Å². The average molecular weight is 473 g/mol. The molecule has 0 saturated heterocycles. The molecule has 1 atom stereocenters. The zero-order valence-electron chi connectivity index (χ0n) is 19.0. The van der Waals surface area contributed by atoms with Crippen LogP contribution >= 0.6 is 0 Å². The lowest BCUT2D eigenvalue weighted by Gasteiger charge is -2.32. The molecule has 1 aliphatic rings. The maximum atomic E-state index is 14.8. The van der Waals surface area contributed by atoms with Gasteiger partial charge in [0.2, 0.25) is 0 Å². The Bertz CT molecular complexity index is 908. The minimum absolute atomic E-state index is 0.193. The molecule has 0 bridgehead atoms. The van der Waals surface area contributed by atoms with Crippen LogP contribution < -0.4 is 4.74 Å². The van der Waals surface area contributed by atoms with E-state index in [-0.39, 0.29) is 11.5 Å². The summed E-state index contributed by atoms with van der Waals surface area (Å²) >= 11 is 0. The first kappa shape index (κ1) is 25.4. The molecular formula is C26H30F6O. The Kier molecular flexibility index (Phi) is 8.35. The van der Waals surface area contributed by atoms with Crippen LogP contribution in [0, 0.1) is 35.2 Å². The third-order valence-corrected chi connectivity index (χ3v) is 6.77. The maximum Gasteiger partial charge on any atom is 0.573 e. The fraction of sp³-hybridized carbons (Fsp3) is 0.538. The summed E-state index contributed by atoms with van der Waals surface area (Å²) in [6, 6.07) is 4.83. The highest BCUT2D eigenvalue weighted by molar-refractivity contribution is 5.66. The minimum atomic E-state index is -5.06. The zero-order valence-corrected chi connectivity index (χ0v) is 19.0. The van der Waals surface area contributed by atoms with Crippen molar-refractivity contribution in [2.45, 2.75) is 71.6 Å². The molecule has 0 aromatic heterocycles. The molecule has 1 saturated carbocycles. The van der Waals surface area contributed by atoms with E-state index in [2.05, 4.69) is 18.6 Å². The van der Waals surface area contributed by atoms with Crippen molar-refractivity contribution >= 4 is 0 Å². The molecule has 1 unspecified atom stereocenters. The molecule has 2 aromatic rings. The van der Waals surface area contributed by atoms with Crippen molar-refractivity contribution in [3.8, 4) is 16.9 Å². The lowest BCUT2D eigenvalue weighted by Crippen LogP contribution is -2.21. The van der Waals surface area contributed by atoms with Crippen LogP contribution in [0.5, 0.6) is 5.75 Å². The number of ether oxygens (including phenoxy) is 1. The fourth-order valence-electron chi connectivity index (χ4n) is 4.96. The van der Waals surface area contributed by atoms with Crippen molar-refractivity contribution < 1.29 is 31.1 Å². The Balaban J connectivity index is 1.69. The third kappa shape index (κ3) is 6.90. The minimum Gasteiger partial charge on any atom is -0.403 e. The Morgan fingerprint density at radius 2 is 1.58 bits per heavy atom. The predicted molar refractivity (Wildman–Crippen MR) is 116 cm³/mol. The molecule has 182 valence electrons. The molecule has 1 aliphatic carbocycles. The number of benzene rings is 2. The van der Waals surface area contributed by atoms with Crippen molar-refractivity contribution in [3.63, 3.8) is 0 Å². The van der Waals surface area contributed by atoms with E-state index in [1.807, 2.05) is 0 Å². The number of halogens is 6. The average Bonchev–Trinajstić information content (AvgIpc) is 2.73. The Morgan fingerprint density at radius 3 is 2.12 bits per heavy atom. The van der Waals surface area contributed by atoms with Gasteiger partial charge in [0, 0.05) is 0 Å². The zero-order chi connectivity index (χ0) is 24.2. The van der Waals surface area contributed by atoms with Crippen molar-refractivity contribution in [1.82, 2.24) is 0 Å². The van der Waals surface area contributed by atoms with Gasteiger partial charge in [0.1, 0.15) is 11.6 Å². The summed E-state index contributed by atoms with van der Waals surface area (Å²) < 4.78 is 84.1. The molecule has 3 rings (SSSR count). The van der Waals surface area contributed by atoms with Gasteiger partial charge in [0.25, 0.3) is 0 Å². The van der Waals surface area contributed by atoms with E-state index in [0.29, 0.717) is 30.0 Å². The SMILES string of the molecule is CCCCC1CCC(C(C)Cc2cc(F)c(-c3ccc(OC(F)(F)F)c(F)c3)c(F)c2)CC1. The highest BCUT2D eigenvalue weighted by atomic mass is 19.4. The summed E-state index contributed by atoms with van der Waals surface area (Å²) in [6.45, 7) is 4.31. The molecule has 0 aliphatic heterocycles. The van der Waals surface area contributed by atoms with E-state index < -0.39 is 35.1 Å². The first-order chi connectivity index (χ1) is 15.6. The lowest BCUT2D eigenvalue weighted by molar-refractivity contribution is -0.275. The van der Waals surface area contributed by atoms with Gasteiger partial charge in [-0.2, -0.15) is 0 Å². The molecule has 0 spiro atoms. The van der Waals surface area contributed by atoms with E-state index in [0.717, 1.165) is 24.8 Å². The van der Waals surface area contributed by atoms with Crippen molar-refractivity contribution in [2.24, 2.45) is 17.8 Å². The highest BCUT2D eigenvalue weighted by Crippen LogP contribution is 2.38. The summed E-state index contributed by atoms with van der Waals surface area (Å²) in [5.74, 6) is -2.57. The molecule has 7 heteroatoms. The third-order valence-electron chi connectivity index (χ3n) is 6.77. The van der Waals surface area contributed by atoms with E-state index in [1.54, 1.807) is 0 Å². The molecule has 0 radical (unpaired) electrons. The molecule has 0 heterocycles. The van der Waals surface area contributed by atoms with Crippen LogP contribution in [0.25, 0.3) is 11.1 Å². The number of hydrogen-bond donors (Lipinski definition) is 0. The maximum absolute atomic E-state index is 14.8. The fourth-order valence-corrected chi connectivity index (χ4v) is 4.96. The van der Waals surface area contributed by atoms with Crippen LogP contribution in [0.4, 0.5) is 26.3 Å². The predicted octanol–water partition coefficient (Wildman–Crippen LogP) is 8.84. The monoisotopic (exact) mass is 472 g/mol. The summed E-state index contributed by atoms with van der Waals surface area (Å²) in [6.07, 6.45) is 3.89. The van der Waals surface area contributed by atoms with Crippen molar-refractivity contribution in [1.29, 1.82) is 0 Å². The van der Waals surface area contributed by atoms with E-state index in [1.165, 1.54) is 44.2 Å². The summed E-state index contributed by atoms with van der Waals surface area (Å²) in [7, 11) is 0. The largest absolute Gasteiger partial charge is 0.573 e. The summed E-state index contributed by atoms with van der Waals surface area (Å²) in [4.78, 5) is 0. The van der Waals surface area contributed by atoms with Crippen LogP contribution in [-0.4, -0.2) is 6.36 Å². The van der Waals surface area contributed by atoms with Gasteiger partial charge in [-0.15, -0.1) is 13.2 Å². The summed E-state index contributed by atoms with van der Waals surface area (Å²) in [5, 5.41) is 0. The summed E-state index contributed by atoms with van der Waals surface area (Å²) in [5.41, 5.74) is -0.144. The molecule has 2 aromatic carbocycles. The molecule has 1 fully saturated rings. The van der Waals surface area contributed by atoms with Gasteiger partial charge < -0.3 is 4.74 Å². The lowest BCUT2D eigenvalue weighted by atomic mass is 9.73. The van der Waals surface area contributed by atoms with Gasteiger partial charge in [-0.1, -0.05) is 52.0 Å². The van der Waals surface area contributed by atoms with Gasteiger partial charge in [-0.05, 0) is 72.4 Å². The second kappa shape index (κ2) is 10.8. The van der Waals surface area contributed by atoms with Crippen LogP contribution in [-0.2, 0) is 6.42 Å². The first-order valence-corrected chi connectivity index (χ1v) is 11.6. The standard InChI is InChI=1S/C26H30F6O/c1-3-4-5-17-6-8-19(9-7-17)16(2)12-18-13-22(28)25(23(29)14-18)20-10-11-24(21(27)15-20)33-26(30,31)32/h10-11,13-17,19H,3-9,12H2,1-2H3. The van der Waals surface area contributed by atoms with E-state index in [4.69, 9.17) is 0 Å². The van der Waals surface area contributed by atoms with Crippen molar-refractivity contribution in [3.05, 3.63) is 53.3 Å². The van der Waals surface area contributed by atoms with Gasteiger partial charge >= 0.3 is 6.36 Å². The topological polar surface area (TPSA) is 9.23 Å². The molecule has 0 N–H and O–H groups in total. The molecule has 0 amide bonds. The van der Waals surface area contributed by atoms with Gasteiger partial charge in [0.15, 0.2) is 11.6 Å². The van der Waals surface area contributed by atoms with E-state index >= 15 is 0 Å². The number of alkyl halides is 3. The number of rotatable bonds is 8. The quantitative estimate of drug-likeness (QED) is 0.349. The number of hydrogen-bond acceptors (Lipinski definition) is 1. The highest BCUT2D eigenvalue weighted by Gasteiger charge is 2.32. The smallest absolute Gasteiger partial charge is 0.403 e. The normalized spacial score (nSPS) is 20.0. The molecular weight excluding hydrogens is 442 g/mol. The van der Waals surface area contributed by atoms with Crippen LogP contribution in [0.15, 0.2) is 30.3 Å². The second-order valence-corrected chi connectivity index (χ2v) is 9.23. The molecule has 1 nitrogen and oxygen atoms in total. The Hall–Kier alpha value is -2.18. The number of unbranched alkanes of at least 4 members (excludes halogenated alkanes) is 1. The van der Waals surface area contributed by atoms with Crippen LogP contribution in [0.1, 0.15) is 64.4 Å². The Labute approximate surface area is 191 Å². The van der Waals surface area contributed by atoms with Crippen LogP contribution in [0.3, 0.4) is 0 Å². The first-order valence-electron chi connectivity index (χ1n) is 11.6. The molecule has 33 heavy (non-hydrogen) atoms. The van der Waals surface area contributed by atoms with Gasteiger partial charge in [-0.25, -0.2) is 13.2 Å². The Morgan fingerprint density at radius 1 is 0.939 bits per heavy atom. The second-order valence-electron chi connectivity index (χ2n) is 9.23.